The maximum Gasteiger partial charge on any atom is 0.224 e. The summed E-state index contributed by atoms with van der Waals surface area (Å²) in [6, 6.07) is 18.9. The molecule has 1 N–H and O–H groups in total. The highest BCUT2D eigenvalue weighted by Crippen LogP contribution is 2.29. The third-order valence-corrected chi connectivity index (χ3v) is 6.10. The molecular formula is C26H23N3O2S. The second kappa shape index (κ2) is 9.66. The van der Waals surface area contributed by atoms with Crippen molar-refractivity contribution in [3.05, 3.63) is 88.9 Å². The van der Waals surface area contributed by atoms with E-state index in [1.807, 2.05) is 79.9 Å². The summed E-state index contributed by atoms with van der Waals surface area (Å²) in [5, 5.41) is 5.72. The summed E-state index contributed by atoms with van der Waals surface area (Å²) in [5.41, 5.74) is 6.12. The lowest BCUT2D eigenvalue weighted by molar-refractivity contribution is -0.116. The van der Waals surface area contributed by atoms with E-state index in [-0.39, 0.29) is 24.5 Å². The Morgan fingerprint density at radius 3 is 2.56 bits per heavy atom. The van der Waals surface area contributed by atoms with Crippen molar-refractivity contribution in [1.82, 2.24) is 9.97 Å². The molecule has 0 unspecified atom stereocenters. The van der Waals surface area contributed by atoms with Crippen LogP contribution >= 0.6 is 11.3 Å². The van der Waals surface area contributed by atoms with Gasteiger partial charge in [0.25, 0.3) is 0 Å². The SMILES string of the molecule is Cc1ccc(C(=O)CCC(=O)Nc2cccc(-c3csc(-c4ccccn4)n3)c2)cc1C. The first-order valence-electron chi connectivity index (χ1n) is 10.4. The number of hydrogen-bond acceptors (Lipinski definition) is 5. The molecule has 2 aromatic heterocycles. The second-order valence-corrected chi connectivity index (χ2v) is 8.46. The molecule has 0 saturated carbocycles. The molecule has 0 aliphatic heterocycles. The van der Waals surface area contributed by atoms with Gasteiger partial charge in [-0.3, -0.25) is 14.6 Å². The Bertz CT molecular complexity index is 1270. The normalized spacial score (nSPS) is 10.7. The van der Waals surface area contributed by atoms with E-state index < -0.39 is 0 Å². The molecule has 32 heavy (non-hydrogen) atoms. The van der Waals surface area contributed by atoms with Crippen molar-refractivity contribution in [2.45, 2.75) is 26.7 Å². The smallest absolute Gasteiger partial charge is 0.224 e. The molecule has 0 radical (unpaired) electrons. The number of amides is 1. The predicted octanol–water partition coefficient (Wildman–Crippen LogP) is 6.09. The summed E-state index contributed by atoms with van der Waals surface area (Å²) in [6.45, 7) is 3.99. The quantitative estimate of drug-likeness (QED) is 0.352. The zero-order valence-electron chi connectivity index (χ0n) is 18.0. The van der Waals surface area contributed by atoms with Gasteiger partial charge in [-0.15, -0.1) is 11.3 Å². The van der Waals surface area contributed by atoms with Crippen molar-refractivity contribution in [2.24, 2.45) is 0 Å². The molecule has 2 heterocycles. The van der Waals surface area contributed by atoms with Gasteiger partial charge in [-0.05, 0) is 55.3 Å². The molecule has 0 bridgehead atoms. The predicted molar refractivity (Wildman–Crippen MR) is 129 cm³/mol. The van der Waals surface area contributed by atoms with Gasteiger partial charge < -0.3 is 5.32 Å². The summed E-state index contributed by atoms with van der Waals surface area (Å²) in [5.74, 6) is -0.215. The number of carbonyl (C=O) groups is 2. The van der Waals surface area contributed by atoms with Crippen LogP contribution in [-0.2, 0) is 4.79 Å². The number of thiazole rings is 1. The zero-order chi connectivity index (χ0) is 22.5. The third kappa shape index (κ3) is 5.15. The zero-order valence-corrected chi connectivity index (χ0v) is 18.8. The van der Waals surface area contributed by atoms with E-state index in [2.05, 4.69) is 15.3 Å². The van der Waals surface area contributed by atoms with E-state index >= 15 is 0 Å². The van der Waals surface area contributed by atoms with E-state index in [4.69, 9.17) is 0 Å². The van der Waals surface area contributed by atoms with Crippen LogP contribution in [0.15, 0.2) is 72.2 Å². The molecule has 160 valence electrons. The van der Waals surface area contributed by atoms with Crippen molar-refractivity contribution >= 4 is 28.7 Å². The summed E-state index contributed by atoms with van der Waals surface area (Å²) < 4.78 is 0. The topological polar surface area (TPSA) is 72.0 Å². The van der Waals surface area contributed by atoms with Gasteiger partial charge in [-0.1, -0.05) is 30.3 Å². The minimum absolute atomic E-state index is 0.0264. The molecule has 6 heteroatoms. The summed E-state index contributed by atoms with van der Waals surface area (Å²) in [4.78, 5) is 33.9. The van der Waals surface area contributed by atoms with Gasteiger partial charge >= 0.3 is 0 Å². The number of pyridine rings is 1. The lowest BCUT2D eigenvalue weighted by Gasteiger charge is -2.07. The molecule has 0 atom stereocenters. The first-order valence-corrected chi connectivity index (χ1v) is 11.3. The number of carbonyl (C=O) groups excluding carboxylic acids is 2. The van der Waals surface area contributed by atoms with E-state index in [9.17, 15) is 9.59 Å². The maximum absolute atomic E-state index is 12.4. The van der Waals surface area contributed by atoms with Gasteiger partial charge in [-0.25, -0.2) is 4.98 Å². The van der Waals surface area contributed by atoms with Gasteiger partial charge in [0.1, 0.15) is 5.01 Å². The lowest BCUT2D eigenvalue weighted by atomic mass is 10.0. The fourth-order valence-electron chi connectivity index (χ4n) is 3.28. The number of anilines is 1. The Kier molecular flexibility index (Phi) is 6.52. The standard InChI is InChI=1S/C26H23N3O2S/c1-17-9-10-20(14-18(17)2)24(30)11-12-25(31)28-21-7-5-6-19(15-21)23-16-32-26(29-23)22-8-3-4-13-27-22/h3-10,13-16H,11-12H2,1-2H3,(H,28,31). The van der Waals surface area contributed by atoms with Crippen LogP contribution in [-0.4, -0.2) is 21.7 Å². The number of hydrogen-bond donors (Lipinski definition) is 1. The number of ketones is 1. The number of aryl methyl sites for hydroxylation is 2. The van der Waals surface area contributed by atoms with Gasteiger partial charge in [0.2, 0.25) is 5.91 Å². The Morgan fingerprint density at radius 1 is 0.906 bits per heavy atom. The van der Waals surface area contributed by atoms with Gasteiger partial charge in [0.15, 0.2) is 5.78 Å². The maximum atomic E-state index is 12.4. The monoisotopic (exact) mass is 441 g/mol. The van der Waals surface area contributed by atoms with Crippen molar-refractivity contribution in [3.8, 4) is 22.0 Å². The molecule has 0 aliphatic carbocycles. The largest absolute Gasteiger partial charge is 0.326 e. The van der Waals surface area contributed by atoms with Gasteiger partial charge in [0, 0.05) is 41.2 Å². The highest BCUT2D eigenvalue weighted by Gasteiger charge is 2.12. The average Bonchev–Trinajstić information content (AvgIpc) is 3.30. The van der Waals surface area contributed by atoms with Crippen LogP contribution in [0.5, 0.6) is 0 Å². The first-order chi connectivity index (χ1) is 15.5. The van der Waals surface area contributed by atoms with E-state index in [0.29, 0.717) is 11.3 Å². The molecule has 0 fully saturated rings. The number of Topliss-reactive ketones (excluding diaryl/α,β-unsaturated/α-hetero) is 1. The molecule has 0 aliphatic rings. The van der Waals surface area contributed by atoms with Crippen LogP contribution in [0.4, 0.5) is 5.69 Å². The van der Waals surface area contributed by atoms with Crippen molar-refractivity contribution in [1.29, 1.82) is 0 Å². The number of nitrogens with zero attached hydrogens (tertiary/aromatic N) is 2. The summed E-state index contributed by atoms with van der Waals surface area (Å²) in [6.07, 6.45) is 2.06. The minimum atomic E-state index is -0.188. The molecule has 1 amide bonds. The van der Waals surface area contributed by atoms with Crippen LogP contribution in [0, 0.1) is 13.8 Å². The van der Waals surface area contributed by atoms with Crippen LogP contribution in [0.2, 0.25) is 0 Å². The Balaban J connectivity index is 1.38. The fourth-order valence-corrected chi connectivity index (χ4v) is 4.08. The molecule has 5 nitrogen and oxygen atoms in total. The number of nitrogens with one attached hydrogen (secondary N) is 1. The molecule has 4 aromatic rings. The number of benzene rings is 2. The average molecular weight is 442 g/mol. The van der Waals surface area contributed by atoms with Crippen LogP contribution in [0.25, 0.3) is 22.0 Å². The van der Waals surface area contributed by atoms with Crippen molar-refractivity contribution in [2.75, 3.05) is 5.32 Å². The van der Waals surface area contributed by atoms with E-state index in [1.165, 1.54) is 11.3 Å². The van der Waals surface area contributed by atoms with E-state index in [1.54, 1.807) is 6.20 Å². The highest BCUT2D eigenvalue weighted by atomic mass is 32.1. The fraction of sp³-hybridized carbons (Fsp3) is 0.154. The first kappa shape index (κ1) is 21.6. The highest BCUT2D eigenvalue weighted by molar-refractivity contribution is 7.13. The number of aromatic nitrogens is 2. The lowest BCUT2D eigenvalue weighted by Crippen LogP contribution is -2.13. The third-order valence-electron chi connectivity index (χ3n) is 5.24. The van der Waals surface area contributed by atoms with E-state index in [0.717, 1.165) is 33.1 Å². The van der Waals surface area contributed by atoms with Gasteiger partial charge in [0.05, 0.1) is 11.4 Å². The summed E-state index contributed by atoms with van der Waals surface area (Å²) >= 11 is 1.53. The Hall–Kier alpha value is -3.64. The van der Waals surface area contributed by atoms with Crippen LogP contribution in [0.3, 0.4) is 0 Å². The van der Waals surface area contributed by atoms with Crippen LogP contribution in [0.1, 0.15) is 34.3 Å². The van der Waals surface area contributed by atoms with Crippen molar-refractivity contribution < 1.29 is 9.59 Å². The molecule has 4 rings (SSSR count). The second-order valence-electron chi connectivity index (χ2n) is 7.60. The molecule has 2 aromatic carbocycles. The molecule has 0 saturated heterocycles. The minimum Gasteiger partial charge on any atom is -0.326 e. The Labute approximate surface area is 191 Å². The van der Waals surface area contributed by atoms with Crippen molar-refractivity contribution in [3.63, 3.8) is 0 Å². The number of rotatable bonds is 7. The summed E-state index contributed by atoms with van der Waals surface area (Å²) in [7, 11) is 0. The van der Waals surface area contributed by atoms with Crippen LogP contribution < -0.4 is 5.32 Å². The molecular weight excluding hydrogens is 418 g/mol. The van der Waals surface area contributed by atoms with Gasteiger partial charge in [-0.2, -0.15) is 0 Å². The molecule has 0 spiro atoms. The Morgan fingerprint density at radius 2 is 1.78 bits per heavy atom.